The van der Waals surface area contributed by atoms with Gasteiger partial charge in [0.15, 0.2) is 0 Å². The summed E-state index contributed by atoms with van der Waals surface area (Å²) in [4.78, 5) is 18.4. The van der Waals surface area contributed by atoms with Crippen molar-refractivity contribution >= 4 is 5.97 Å². The number of aromatic carboxylic acids is 1. The van der Waals surface area contributed by atoms with Gasteiger partial charge < -0.3 is 14.9 Å². The number of aliphatic hydroxyl groups is 1. The summed E-state index contributed by atoms with van der Waals surface area (Å²) in [7, 11) is 0. The van der Waals surface area contributed by atoms with E-state index in [0.717, 1.165) is 5.56 Å². The highest BCUT2D eigenvalue weighted by molar-refractivity contribution is 5.89. The molecule has 0 radical (unpaired) electrons. The molecule has 0 aliphatic carbocycles. The fourth-order valence-corrected chi connectivity index (χ4v) is 1.51. The first-order valence-corrected chi connectivity index (χ1v) is 5.61. The number of ether oxygens (including phenoxy) is 1. The molecule has 0 atom stereocenters. The molecule has 1 aromatic carbocycles. The number of aromatic nitrogens is 2. The summed E-state index contributed by atoms with van der Waals surface area (Å²) in [5.41, 5.74) is 0.873. The normalized spacial score (nSPS) is 10.2. The quantitative estimate of drug-likeness (QED) is 0.846. The highest BCUT2D eigenvalue weighted by Gasteiger charge is 2.13. The lowest BCUT2D eigenvalue weighted by Crippen LogP contribution is -2.02. The molecule has 0 bridgehead atoms. The summed E-state index contributed by atoms with van der Waals surface area (Å²) in [6, 6.07) is 6.98. The minimum Gasteiger partial charge on any atom is -0.477 e. The molecule has 1 aromatic heterocycles. The van der Waals surface area contributed by atoms with E-state index in [0.29, 0.717) is 12.2 Å². The van der Waals surface area contributed by atoms with E-state index < -0.39 is 5.97 Å². The zero-order chi connectivity index (χ0) is 13.7. The molecular formula is C13H12N2O4. The Morgan fingerprint density at radius 2 is 2.00 bits per heavy atom. The van der Waals surface area contributed by atoms with Gasteiger partial charge in [0.2, 0.25) is 5.88 Å². The van der Waals surface area contributed by atoms with Crippen LogP contribution in [0.25, 0.3) is 0 Å². The molecule has 0 saturated heterocycles. The second-order valence-corrected chi connectivity index (χ2v) is 3.77. The maximum Gasteiger partial charge on any atom is 0.342 e. The van der Waals surface area contributed by atoms with Gasteiger partial charge in [-0.1, -0.05) is 12.1 Å². The van der Waals surface area contributed by atoms with Crippen molar-refractivity contribution in [2.24, 2.45) is 0 Å². The number of nitrogens with zero attached hydrogens (tertiary/aromatic N) is 2. The van der Waals surface area contributed by atoms with Crippen LogP contribution in [0.3, 0.4) is 0 Å². The standard InChI is InChI=1S/C13H12N2O4/c16-6-5-9-1-3-10(4-2-9)19-12-11(13(17)18)7-14-8-15-12/h1-4,7-8,16H,5-6H2,(H,17,18). The molecule has 6 heteroatoms. The summed E-state index contributed by atoms with van der Waals surface area (Å²) < 4.78 is 5.41. The first-order valence-electron chi connectivity index (χ1n) is 5.61. The fourth-order valence-electron chi connectivity index (χ4n) is 1.51. The molecule has 0 amide bonds. The first-order chi connectivity index (χ1) is 9.20. The van der Waals surface area contributed by atoms with Gasteiger partial charge in [-0.25, -0.2) is 14.8 Å². The SMILES string of the molecule is O=C(O)c1cncnc1Oc1ccc(CCO)cc1. The monoisotopic (exact) mass is 260 g/mol. The summed E-state index contributed by atoms with van der Waals surface area (Å²) in [6.45, 7) is 0.0786. The van der Waals surface area contributed by atoms with Gasteiger partial charge in [-0.05, 0) is 24.1 Å². The number of hydrogen-bond donors (Lipinski definition) is 2. The molecule has 0 aliphatic heterocycles. The lowest BCUT2D eigenvalue weighted by Gasteiger charge is -2.07. The van der Waals surface area contributed by atoms with Crippen LogP contribution >= 0.6 is 0 Å². The van der Waals surface area contributed by atoms with Gasteiger partial charge in [-0.3, -0.25) is 0 Å². The van der Waals surface area contributed by atoms with Gasteiger partial charge in [0.1, 0.15) is 17.6 Å². The Morgan fingerprint density at radius 3 is 2.63 bits per heavy atom. The topological polar surface area (TPSA) is 92.5 Å². The van der Waals surface area contributed by atoms with Crippen molar-refractivity contribution in [3.8, 4) is 11.6 Å². The largest absolute Gasteiger partial charge is 0.477 e. The third-order valence-corrected chi connectivity index (χ3v) is 2.44. The third kappa shape index (κ3) is 3.26. The summed E-state index contributed by atoms with van der Waals surface area (Å²) in [6.07, 6.45) is 2.97. The Labute approximate surface area is 109 Å². The Morgan fingerprint density at radius 1 is 1.26 bits per heavy atom. The number of carboxylic acids is 1. The van der Waals surface area contributed by atoms with Gasteiger partial charge in [-0.2, -0.15) is 0 Å². The molecule has 19 heavy (non-hydrogen) atoms. The number of benzene rings is 1. The molecule has 0 fully saturated rings. The van der Waals surface area contributed by atoms with Gasteiger partial charge in [0.25, 0.3) is 0 Å². The highest BCUT2D eigenvalue weighted by Crippen LogP contribution is 2.22. The van der Waals surface area contributed by atoms with Crippen molar-refractivity contribution in [1.82, 2.24) is 9.97 Å². The van der Waals surface area contributed by atoms with Crippen LogP contribution < -0.4 is 4.74 Å². The average molecular weight is 260 g/mol. The molecule has 2 rings (SSSR count). The maximum absolute atomic E-state index is 11.0. The van der Waals surface area contributed by atoms with Crippen LogP contribution in [0.2, 0.25) is 0 Å². The number of carboxylic acid groups (broad SMARTS) is 1. The van der Waals surface area contributed by atoms with Crippen molar-refractivity contribution in [1.29, 1.82) is 0 Å². The number of carbonyl (C=O) groups is 1. The van der Waals surface area contributed by atoms with Crippen molar-refractivity contribution < 1.29 is 19.7 Å². The van der Waals surface area contributed by atoms with Crippen LogP contribution in [0.5, 0.6) is 11.6 Å². The van der Waals surface area contributed by atoms with Gasteiger partial charge in [-0.15, -0.1) is 0 Å². The Kier molecular flexibility index (Phi) is 4.04. The maximum atomic E-state index is 11.0. The second kappa shape index (κ2) is 5.92. The molecule has 2 aromatic rings. The van der Waals surface area contributed by atoms with Crippen molar-refractivity contribution in [3.63, 3.8) is 0 Å². The molecule has 2 N–H and O–H groups in total. The van der Waals surface area contributed by atoms with Crippen LogP contribution in [0.1, 0.15) is 15.9 Å². The zero-order valence-corrected chi connectivity index (χ0v) is 9.98. The Bertz CT molecular complexity index is 569. The van der Waals surface area contributed by atoms with Crippen molar-refractivity contribution in [2.45, 2.75) is 6.42 Å². The Balaban J connectivity index is 2.19. The predicted octanol–water partition coefficient (Wildman–Crippen LogP) is 1.50. The third-order valence-electron chi connectivity index (χ3n) is 2.44. The van der Waals surface area contributed by atoms with E-state index in [1.807, 2.05) is 0 Å². The molecular weight excluding hydrogens is 248 g/mol. The van der Waals surface area contributed by atoms with Gasteiger partial charge in [0.05, 0.1) is 0 Å². The van der Waals surface area contributed by atoms with E-state index in [1.54, 1.807) is 24.3 Å². The van der Waals surface area contributed by atoms with E-state index in [1.165, 1.54) is 12.5 Å². The number of aliphatic hydroxyl groups excluding tert-OH is 1. The molecule has 0 spiro atoms. The van der Waals surface area contributed by atoms with Crippen LogP contribution in [0.15, 0.2) is 36.8 Å². The van der Waals surface area contributed by atoms with E-state index in [-0.39, 0.29) is 18.1 Å². The summed E-state index contributed by atoms with van der Waals surface area (Å²) >= 11 is 0. The fraction of sp³-hybridized carbons (Fsp3) is 0.154. The molecule has 0 aliphatic rings. The number of rotatable bonds is 5. The lowest BCUT2D eigenvalue weighted by molar-refractivity contribution is 0.0693. The molecule has 6 nitrogen and oxygen atoms in total. The lowest BCUT2D eigenvalue weighted by atomic mass is 10.1. The molecule has 1 heterocycles. The summed E-state index contributed by atoms with van der Waals surface area (Å²) in [5.74, 6) is -0.673. The molecule has 98 valence electrons. The van der Waals surface area contributed by atoms with Crippen LogP contribution in [-0.2, 0) is 6.42 Å². The predicted molar refractivity (Wildman–Crippen MR) is 66.3 cm³/mol. The van der Waals surface area contributed by atoms with Gasteiger partial charge >= 0.3 is 5.97 Å². The smallest absolute Gasteiger partial charge is 0.342 e. The van der Waals surface area contributed by atoms with Gasteiger partial charge in [0, 0.05) is 12.8 Å². The highest BCUT2D eigenvalue weighted by atomic mass is 16.5. The Hall–Kier alpha value is -2.47. The minimum absolute atomic E-state index is 0.00240. The zero-order valence-electron chi connectivity index (χ0n) is 9.98. The second-order valence-electron chi connectivity index (χ2n) is 3.77. The van der Waals surface area contributed by atoms with Crippen LogP contribution in [0, 0.1) is 0 Å². The van der Waals surface area contributed by atoms with Crippen LogP contribution in [0.4, 0.5) is 0 Å². The first kappa shape index (κ1) is 13.0. The summed E-state index contributed by atoms with van der Waals surface area (Å²) in [5, 5.41) is 17.8. The molecule has 0 unspecified atom stereocenters. The van der Waals surface area contributed by atoms with E-state index in [2.05, 4.69) is 9.97 Å². The van der Waals surface area contributed by atoms with Crippen LogP contribution in [-0.4, -0.2) is 32.8 Å². The molecule has 0 saturated carbocycles. The van der Waals surface area contributed by atoms with E-state index in [9.17, 15) is 4.79 Å². The van der Waals surface area contributed by atoms with E-state index >= 15 is 0 Å². The van der Waals surface area contributed by atoms with E-state index in [4.69, 9.17) is 14.9 Å². The van der Waals surface area contributed by atoms with Crippen molar-refractivity contribution in [2.75, 3.05) is 6.61 Å². The average Bonchev–Trinajstić information content (AvgIpc) is 2.42. The number of hydrogen-bond acceptors (Lipinski definition) is 5. The minimum atomic E-state index is -1.15. The van der Waals surface area contributed by atoms with Crippen molar-refractivity contribution in [3.05, 3.63) is 47.9 Å².